The molecule has 0 unspecified atom stereocenters. The van der Waals surface area contributed by atoms with Crippen LogP contribution in [0.25, 0.3) is 11.1 Å². The van der Waals surface area contributed by atoms with E-state index in [4.69, 9.17) is 10.5 Å². The molecule has 13 heteroatoms. The van der Waals surface area contributed by atoms with E-state index in [0.29, 0.717) is 53.0 Å². The van der Waals surface area contributed by atoms with Gasteiger partial charge in [0, 0.05) is 22.5 Å². The number of nitrogens with zero attached hydrogens (tertiary/aromatic N) is 1. The van der Waals surface area contributed by atoms with Crippen LogP contribution in [0.15, 0.2) is 65.6 Å². The van der Waals surface area contributed by atoms with Crippen LogP contribution >= 0.6 is 11.8 Å². The summed E-state index contributed by atoms with van der Waals surface area (Å²) in [4.78, 5) is 38.6. The SMILES string of the molecule is CSc1cc(F)c(F)cc1-c1ccc(OCc2cccc(C(=O)N(CC(=O)OC(=O)C(F)(F)F)C3CCC(N)CC3)c2)cc1. The minimum Gasteiger partial charge on any atom is -0.489 e. The van der Waals surface area contributed by atoms with E-state index in [2.05, 4.69) is 4.74 Å². The summed E-state index contributed by atoms with van der Waals surface area (Å²) in [6, 6.07) is 14.8. The Kier molecular flexibility index (Phi) is 10.6. The predicted molar refractivity (Wildman–Crippen MR) is 153 cm³/mol. The molecule has 0 bridgehead atoms. The van der Waals surface area contributed by atoms with Crippen LogP contribution in [0, 0.1) is 11.6 Å². The van der Waals surface area contributed by atoms with Gasteiger partial charge < -0.3 is 20.1 Å². The number of benzene rings is 3. The zero-order valence-corrected chi connectivity index (χ0v) is 24.4. The quantitative estimate of drug-likeness (QED) is 0.128. The smallest absolute Gasteiger partial charge is 0.489 e. The number of rotatable bonds is 9. The summed E-state index contributed by atoms with van der Waals surface area (Å²) >= 11 is 1.29. The fraction of sp³-hybridized carbons (Fsp3) is 0.323. The van der Waals surface area contributed by atoms with Gasteiger partial charge >= 0.3 is 18.1 Å². The van der Waals surface area contributed by atoms with E-state index in [1.165, 1.54) is 23.9 Å². The number of nitrogens with two attached hydrogens (primary N) is 1. The Balaban J connectivity index is 1.46. The molecule has 0 radical (unpaired) electrons. The van der Waals surface area contributed by atoms with Crippen LogP contribution in [0.4, 0.5) is 22.0 Å². The van der Waals surface area contributed by atoms with Crippen molar-refractivity contribution in [2.24, 2.45) is 5.73 Å². The van der Waals surface area contributed by atoms with Gasteiger partial charge in [-0.1, -0.05) is 24.3 Å². The summed E-state index contributed by atoms with van der Waals surface area (Å²) in [5.74, 6) is -6.18. The molecule has 1 saturated carbocycles. The first-order valence-corrected chi connectivity index (χ1v) is 14.8. The largest absolute Gasteiger partial charge is 0.491 e. The van der Waals surface area contributed by atoms with E-state index < -0.39 is 48.2 Å². The maximum Gasteiger partial charge on any atom is 0.491 e. The number of hydrogen-bond acceptors (Lipinski definition) is 7. The molecule has 44 heavy (non-hydrogen) atoms. The highest BCUT2D eigenvalue weighted by Crippen LogP contribution is 2.33. The van der Waals surface area contributed by atoms with Crippen molar-refractivity contribution in [1.29, 1.82) is 0 Å². The molecular weight excluding hydrogens is 607 g/mol. The van der Waals surface area contributed by atoms with Gasteiger partial charge in [-0.25, -0.2) is 18.4 Å². The highest BCUT2D eigenvalue weighted by Gasteiger charge is 2.43. The molecule has 0 aromatic heterocycles. The molecule has 1 fully saturated rings. The molecule has 1 amide bonds. The average molecular weight is 637 g/mol. The van der Waals surface area contributed by atoms with Crippen molar-refractivity contribution < 1.29 is 45.8 Å². The summed E-state index contributed by atoms with van der Waals surface area (Å²) in [5, 5.41) is 0. The van der Waals surface area contributed by atoms with Gasteiger partial charge in [0.25, 0.3) is 5.91 Å². The van der Waals surface area contributed by atoms with Crippen LogP contribution in [-0.4, -0.2) is 53.8 Å². The lowest BCUT2D eigenvalue weighted by Crippen LogP contribution is -2.47. The fourth-order valence-corrected chi connectivity index (χ4v) is 5.51. The molecule has 2 N–H and O–H groups in total. The summed E-state index contributed by atoms with van der Waals surface area (Å²) in [7, 11) is 0. The van der Waals surface area contributed by atoms with Crippen molar-refractivity contribution in [1.82, 2.24) is 4.90 Å². The third kappa shape index (κ3) is 8.35. The molecule has 3 aromatic rings. The van der Waals surface area contributed by atoms with E-state index in [1.54, 1.807) is 42.7 Å². The highest BCUT2D eigenvalue weighted by atomic mass is 32.2. The molecule has 1 aliphatic rings. The number of halogens is 5. The number of hydrogen-bond donors (Lipinski definition) is 1. The zero-order valence-electron chi connectivity index (χ0n) is 23.5. The third-order valence-corrected chi connectivity index (χ3v) is 7.95. The standard InChI is InChI=1S/C31H29F5N2O5S/c1-44-27-15-26(33)25(32)14-24(27)19-5-11-23(12-6-19)42-17-18-3-2-4-20(13-18)29(40)38(22-9-7-21(37)8-10-22)16-28(39)43-30(41)31(34,35)36/h2-6,11-15,21-22H,7-10,16-17,37H2,1H3. The fourth-order valence-electron chi connectivity index (χ4n) is 4.89. The van der Waals surface area contributed by atoms with Crippen LogP contribution in [0.1, 0.15) is 41.6 Å². The third-order valence-electron chi connectivity index (χ3n) is 7.17. The van der Waals surface area contributed by atoms with Gasteiger partial charge in [-0.3, -0.25) is 4.79 Å². The van der Waals surface area contributed by atoms with Crippen LogP contribution < -0.4 is 10.5 Å². The number of carbonyl (C=O) groups is 3. The molecule has 0 aliphatic heterocycles. The Morgan fingerprint density at radius 1 is 0.955 bits per heavy atom. The minimum absolute atomic E-state index is 0.0438. The van der Waals surface area contributed by atoms with Gasteiger partial charge in [0.05, 0.1) is 0 Å². The van der Waals surface area contributed by atoms with Gasteiger partial charge in [-0.15, -0.1) is 11.8 Å². The van der Waals surface area contributed by atoms with Crippen LogP contribution in [0.5, 0.6) is 5.75 Å². The lowest BCUT2D eigenvalue weighted by molar-refractivity contribution is -0.202. The van der Waals surface area contributed by atoms with Gasteiger partial charge in [0.15, 0.2) is 11.6 Å². The monoisotopic (exact) mass is 636 g/mol. The molecule has 0 heterocycles. The Morgan fingerprint density at radius 3 is 2.25 bits per heavy atom. The number of alkyl halides is 3. The Bertz CT molecular complexity index is 1510. The summed E-state index contributed by atoms with van der Waals surface area (Å²) in [6.07, 6.45) is -1.65. The number of esters is 2. The number of thioether (sulfide) groups is 1. The molecule has 7 nitrogen and oxygen atoms in total. The Hall–Kier alpha value is -3.97. The van der Waals surface area contributed by atoms with E-state index in [-0.39, 0.29) is 18.2 Å². The van der Waals surface area contributed by atoms with Gasteiger partial charge in [0.2, 0.25) is 0 Å². The molecular formula is C31H29F5N2O5S. The lowest BCUT2D eigenvalue weighted by Gasteiger charge is -2.35. The zero-order chi connectivity index (χ0) is 32.0. The number of carbonyl (C=O) groups excluding carboxylic acids is 3. The number of amides is 1. The first-order chi connectivity index (χ1) is 20.8. The second-order valence-corrected chi connectivity index (χ2v) is 11.1. The van der Waals surface area contributed by atoms with E-state index in [9.17, 15) is 36.3 Å². The van der Waals surface area contributed by atoms with Crippen molar-refractivity contribution in [3.8, 4) is 16.9 Å². The summed E-state index contributed by atoms with van der Waals surface area (Å²) < 4.78 is 75.1. The van der Waals surface area contributed by atoms with Crippen LogP contribution in [0.3, 0.4) is 0 Å². The average Bonchev–Trinajstić information content (AvgIpc) is 3.00. The second-order valence-electron chi connectivity index (χ2n) is 10.2. The molecule has 0 atom stereocenters. The molecule has 4 rings (SSSR count). The van der Waals surface area contributed by atoms with Crippen molar-refractivity contribution in [3.05, 3.63) is 83.4 Å². The molecule has 3 aromatic carbocycles. The molecule has 0 spiro atoms. The van der Waals surface area contributed by atoms with E-state index in [1.807, 2.05) is 0 Å². The normalized spacial score (nSPS) is 16.7. The Labute approximate surface area is 254 Å². The minimum atomic E-state index is -5.35. The van der Waals surface area contributed by atoms with Crippen LogP contribution in [-0.2, 0) is 20.9 Å². The molecule has 234 valence electrons. The predicted octanol–water partition coefficient (Wildman–Crippen LogP) is 6.28. The molecule has 0 saturated heterocycles. The maximum atomic E-state index is 13.9. The van der Waals surface area contributed by atoms with Crippen molar-refractivity contribution in [2.45, 2.75) is 55.4 Å². The Morgan fingerprint density at radius 2 is 1.61 bits per heavy atom. The lowest BCUT2D eigenvalue weighted by atomic mass is 9.90. The molecule has 1 aliphatic carbocycles. The van der Waals surface area contributed by atoms with Gasteiger partial charge in [-0.2, -0.15) is 13.2 Å². The summed E-state index contributed by atoms with van der Waals surface area (Å²) in [5.41, 5.74) is 7.90. The van der Waals surface area contributed by atoms with Crippen molar-refractivity contribution in [2.75, 3.05) is 12.8 Å². The van der Waals surface area contributed by atoms with E-state index in [0.717, 1.165) is 17.0 Å². The highest BCUT2D eigenvalue weighted by molar-refractivity contribution is 7.98. The van der Waals surface area contributed by atoms with E-state index >= 15 is 0 Å². The second kappa shape index (κ2) is 14.2. The number of ether oxygens (including phenoxy) is 2. The topological polar surface area (TPSA) is 98.9 Å². The van der Waals surface area contributed by atoms with Crippen molar-refractivity contribution in [3.63, 3.8) is 0 Å². The first kappa shape index (κ1) is 32.9. The van der Waals surface area contributed by atoms with Gasteiger partial charge in [-0.05, 0) is 85.0 Å². The summed E-state index contributed by atoms with van der Waals surface area (Å²) in [6.45, 7) is -0.800. The van der Waals surface area contributed by atoms with Gasteiger partial charge in [0.1, 0.15) is 18.9 Å². The van der Waals surface area contributed by atoms with Crippen LogP contribution in [0.2, 0.25) is 0 Å². The van der Waals surface area contributed by atoms with Crippen molar-refractivity contribution >= 4 is 29.6 Å². The maximum absolute atomic E-state index is 13.9. The first-order valence-electron chi connectivity index (χ1n) is 13.6.